The quantitative estimate of drug-likeness (QED) is 0.587. The molecule has 22 heavy (non-hydrogen) atoms. The van der Waals surface area contributed by atoms with E-state index < -0.39 is 0 Å². The summed E-state index contributed by atoms with van der Waals surface area (Å²) in [5.74, 6) is -0.252. The number of ether oxygens (including phenoxy) is 3. The molecule has 5 heteroatoms. The van der Waals surface area contributed by atoms with E-state index >= 15 is 0 Å². The Morgan fingerprint density at radius 2 is 2.18 bits per heavy atom. The number of carbonyl (C=O) groups is 1. The maximum Gasteiger partial charge on any atom is 0.323 e. The summed E-state index contributed by atoms with van der Waals surface area (Å²) in [6.45, 7) is 1.89. The van der Waals surface area contributed by atoms with Crippen molar-refractivity contribution in [2.45, 2.75) is 38.0 Å². The van der Waals surface area contributed by atoms with E-state index in [1.54, 1.807) is 0 Å². The number of rotatable bonds is 8. The molecule has 0 saturated carbocycles. The van der Waals surface area contributed by atoms with Crippen molar-refractivity contribution < 1.29 is 19.0 Å². The highest BCUT2D eigenvalue weighted by molar-refractivity contribution is 5.76. The highest BCUT2D eigenvalue weighted by Crippen LogP contribution is 2.13. The Kier molecular flexibility index (Phi) is 7.36. The first-order valence-corrected chi connectivity index (χ1v) is 7.88. The molecule has 2 rings (SSSR count). The van der Waals surface area contributed by atoms with Crippen LogP contribution < -0.4 is 5.32 Å². The van der Waals surface area contributed by atoms with Gasteiger partial charge in [0.05, 0.1) is 13.7 Å². The summed E-state index contributed by atoms with van der Waals surface area (Å²) in [5.41, 5.74) is 1.10. The number of esters is 1. The van der Waals surface area contributed by atoms with Gasteiger partial charge in [-0.15, -0.1) is 0 Å². The van der Waals surface area contributed by atoms with E-state index in [0.717, 1.165) is 31.4 Å². The number of benzene rings is 1. The number of methoxy groups -OCH3 is 1. The maximum absolute atomic E-state index is 11.9. The molecule has 1 N–H and O–H groups in total. The van der Waals surface area contributed by atoms with Crippen LogP contribution in [0, 0.1) is 0 Å². The Bertz CT molecular complexity index is 432. The van der Waals surface area contributed by atoms with Crippen molar-refractivity contribution >= 4 is 5.97 Å². The van der Waals surface area contributed by atoms with E-state index in [0.29, 0.717) is 19.6 Å². The summed E-state index contributed by atoms with van der Waals surface area (Å²) in [4.78, 5) is 11.9. The normalized spacial score (nSPS) is 19.6. The second kappa shape index (κ2) is 9.56. The van der Waals surface area contributed by atoms with Gasteiger partial charge in [-0.1, -0.05) is 30.3 Å². The fraction of sp³-hybridized carbons (Fsp3) is 0.588. The first kappa shape index (κ1) is 16.9. The molecule has 0 aliphatic carbocycles. The zero-order valence-corrected chi connectivity index (χ0v) is 13.1. The van der Waals surface area contributed by atoms with Crippen LogP contribution in [0.15, 0.2) is 30.3 Å². The van der Waals surface area contributed by atoms with Crippen molar-refractivity contribution in [2.24, 2.45) is 0 Å². The molecule has 1 aromatic carbocycles. The minimum atomic E-state index is -0.358. The van der Waals surface area contributed by atoms with Gasteiger partial charge < -0.3 is 19.5 Å². The van der Waals surface area contributed by atoms with Crippen LogP contribution in [0.2, 0.25) is 0 Å². The zero-order chi connectivity index (χ0) is 15.6. The van der Waals surface area contributed by atoms with Crippen molar-refractivity contribution in [1.29, 1.82) is 0 Å². The van der Waals surface area contributed by atoms with Crippen LogP contribution >= 0.6 is 0 Å². The lowest BCUT2D eigenvalue weighted by atomic mass is 10.1. The van der Waals surface area contributed by atoms with Crippen LogP contribution in [0.25, 0.3) is 0 Å². The molecule has 1 fully saturated rings. The summed E-state index contributed by atoms with van der Waals surface area (Å²) in [5, 5.41) is 3.20. The highest BCUT2D eigenvalue weighted by Gasteiger charge is 2.19. The van der Waals surface area contributed by atoms with Crippen LogP contribution in [-0.4, -0.2) is 45.2 Å². The van der Waals surface area contributed by atoms with Crippen molar-refractivity contribution in [2.75, 3.05) is 26.9 Å². The predicted octanol–water partition coefficient (Wildman–Crippen LogP) is 1.90. The van der Waals surface area contributed by atoms with Gasteiger partial charge in [-0.3, -0.25) is 4.79 Å². The van der Waals surface area contributed by atoms with Gasteiger partial charge in [0.15, 0.2) is 6.29 Å². The number of hydrogen-bond donors (Lipinski definition) is 1. The largest absolute Gasteiger partial charge is 0.468 e. The van der Waals surface area contributed by atoms with Gasteiger partial charge in [0, 0.05) is 13.2 Å². The van der Waals surface area contributed by atoms with Crippen molar-refractivity contribution in [1.82, 2.24) is 5.32 Å². The van der Waals surface area contributed by atoms with Gasteiger partial charge in [-0.25, -0.2) is 0 Å². The third-order valence-electron chi connectivity index (χ3n) is 3.70. The molecule has 1 aliphatic heterocycles. The molecular formula is C17H25NO4. The van der Waals surface area contributed by atoms with E-state index in [-0.39, 0.29) is 18.3 Å². The minimum Gasteiger partial charge on any atom is -0.468 e. The average Bonchev–Trinajstić information content (AvgIpc) is 2.58. The van der Waals surface area contributed by atoms with Gasteiger partial charge >= 0.3 is 5.97 Å². The fourth-order valence-corrected chi connectivity index (χ4v) is 2.50. The van der Waals surface area contributed by atoms with E-state index in [9.17, 15) is 4.79 Å². The topological polar surface area (TPSA) is 56.8 Å². The van der Waals surface area contributed by atoms with Crippen LogP contribution in [0.3, 0.4) is 0 Å². The Balaban J connectivity index is 1.73. The third-order valence-corrected chi connectivity index (χ3v) is 3.70. The summed E-state index contributed by atoms with van der Waals surface area (Å²) in [6, 6.07) is 9.54. The minimum absolute atomic E-state index is 0.0961. The number of nitrogens with one attached hydrogen (secondary N) is 1. The standard InChI is InChI=1S/C17H25NO4/c1-20-17(19)15(13-14-7-3-2-4-8-14)18-10-12-22-16-9-5-6-11-21-16/h2-4,7-8,15-16,18H,5-6,9-13H2,1H3/t15-,16-/m1/s1. The van der Waals surface area contributed by atoms with Crippen molar-refractivity contribution in [3.63, 3.8) is 0 Å². The van der Waals surface area contributed by atoms with Crippen molar-refractivity contribution in [3.8, 4) is 0 Å². The molecule has 1 aromatic rings. The molecule has 1 saturated heterocycles. The predicted molar refractivity (Wildman–Crippen MR) is 83.5 cm³/mol. The Morgan fingerprint density at radius 1 is 1.36 bits per heavy atom. The van der Waals surface area contributed by atoms with Gasteiger partial charge in [-0.2, -0.15) is 0 Å². The lowest BCUT2D eigenvalue weighted by molar-refractivity contribution is -0.161. The molecule has 122 valence electrons. The smallest absolute Gasteiger partial charge is 0.323 e. The lowest BCUT2D eigenvalue weighted by Gasteiger charge is -2.23. The molecular weight excluding hydrogens is 282 g/mol. The Hall–Kier alpha value is -1.43. The lowest BCUT2D eigenvalue weighted by Crippen LogP contribution is -2.41. The molecule has 0 aromatic heterocycles. The first-order valence-electron chi connectivity index (χ1n) is 7.88. The van der Waals surface area contributed by atoms with Crippen LogP contribution in [-0.2, 0) is 25.4 Å². The van der Waals surface area contributed by atoms with Crippen molar-refractivity contribution in [3.05, 3.63) is 35.9 Å². The summed E-state index contributed by atoms with van der Waals surface area (Å²) >= 11 is 0. The van der Waals surface area contributed by atoms with Gasteiger partial charge in [0.2, 0.25) is 0 Å². The van der Waals surface area contributed by atoms with Crippen LogP contribution in [0.4, 0.5) is 0 Å². The Morgan fingerprint density at radius 3 is 2.86 bits per heavy atom. The SMILES string of the molecule is COC(=O)[C@@H](Cc1ccccc1)NCCO[C@@H]1CCCCO1. The molecule has 0 bridgehead atoms. The maximum atomic E-state index is 11.9. The van der Waals surface area contributed by atoms with Gasteiger partial charge in [0.1, 0.15) is 6.04 Å². The number of carbonyl (C=O) groups excluding carboxylic acids is 1. The third kappa shape index (κ3) is 5.75. The second-order valence-electron chi connectivity index (χ2n) is 5.39. The summed E-state index contributed by atoms with van der Waals surface area (Å²) in [7, 11) is 1.41. The van der Waals surface area contributed by atoms with Crippen LogP contribution in [0.1, 0.15) is 24.8 Å². The average molecular weight is 307 g/mol. The molecule has 1 heterocycles. The van der Waals surface area contributed by atoms with E-state index in [1.165, 1.54) is 7.11 Å². The van der Waals surface area contributed by atoms with Crippen LogP contribution in [0.5, 0.6) is 0 Å². The summed E-state index contributed by atoms with van der Waals surface area (Å²) in [6.07, 6.45) is 3.72. The molecule has 2 atom stereocenters. The molecule has 0 amide bonds. The zero-order valence-electron chi connectivity index (χ0n) is 13.1. The molecule has 5 nitrogen and oxygen atoms in total. The van der Waals surface area contributed by atoms with Gasteiger partial charge in [-0.05, 0) is 31.2 Å². The summed E-state index contributed by atoms with van der Waals surface area (Å²) < 4.78 is 16.0. The first-order chi connectivity index (χ1) is 10.8. The molecule has 0 spiro atoms. The second-order valence-corrected chi connectivity index (χ2v) is 5.39. The highest BCUT2D eigenvalue weighted by atomic mass is 16.7. The van der Waals surface area contributed by atoms with E-state index in [2.05, 4.69) is 5.32 Å². The van der Waals surface area contributed by atoms with E-state index in [4.69, 9.17) is 14.2 Å². The molecule has 0 unspecified atom stereocenters. The fourth-order valence-electron chi connectivity index (χ4n) is 2.50. The molecule has 1 aliphatic rings. The monoisotopic (exact) mass is 307 g/mol. The molecule has 0 radical (unpaired) electrons. The van der Waals surface area contributed by atoms with Gasteiger partial charge in [0.25, 0.3) is 0 Å². The Labute approximate surface area is 131 Å². The number of hydrogen-bond acceptors (Lipinski definition) is 5. The van der Waals surface area contributed by atoms with E-state index in [1.807, 2.05) is 30.3 Å².